The quantitative estimate of drug-likeness (QED) is 0.328. The summed E-state index contributed by atoms with van der Waals surface area (Å²) in [4.78, 5) is 12.6. The van der Waals surface area contributed by atoms with Crippen LogP contribution in [0.1, 0.15) is 15.9 Å². The lowest BCUT2D eigenvalue weighted by Crippen LogP contribution is -2.26. The molecule has 0 atom stereocenters. The molecule has 0 aliphatic rings. The third-order valence-electron chi connectivity index (χ3n) is 4.32. The van der Waals surface area contributed by atoms with E-state index in [0.717, 1.165) is 5.56 Å². The Morgan fingerprint density at radius 1 is 0.906 bits per heavy atom. The molecule has 0 saturated carbocycles. The van der Waals surface area contributed by atoms with E-state index in [9.17, 15) is 13.2 Å². The zero-order chi connectivity index (χ0) is 23.1. The fourth-order valence-electron chi connectivity index (χ4n) is 2.73. The minimum atomic E-state index is -3.74. The van der Waals surface area contributed by atoms with E-state index in [2.05, 4.69) is 10.0 Å². The van der Waals surface area contributed by atoms with Crippen molar-refractivity contribution in [3.8, 4) is 0 Å². The number of rotatable bonds is 9. The van der Waals surface area contributed by atoms with Gasteiger partial charge in [-0.05, 0) is 48.0 Å². The van der Waals surface area contributed by atoms with Crippen LogP contribution >= 0.6 is 46.6 Å². The number of benzene rings is 3. The number of hydrogen-bond donors (Lipinski definition) is 2. The van der Waals surface area contributed by atoms with Crippen molar-refractivity contribution in [3.05, 3.63) is 92.9 Å². The molecule has 0 saturated heterocycles. The number of nitrogens with one attached hydrogen (secondary N) is 2. The Morgan fingerprint density at radius 3 is 2.34 bits per heavy atom. The number of hydrogen-bond acceptors (Lipinski definition) is 4. The molecule has 3 rings (SSSR count). The second-order valence-electron chi connectivity index (χ2n) is 6.66. The monoisotopic (exact) mass is 528 g/mol. The summed E-state index contributed by atoms with van der Waals surface area (Å²) in [5.74, 6) is 1.04. The van der Waals surface area contributed by atoms with Crippen LogP contribution in [0.25, 0.3) is 0 Å². The van der Waals surface area contributed by atoms with Crippen molar-refractivity contribution >= 4 is 68.2 Å². The molecule has 1 amide bonds. The Kier molecular flexibility index (Phi) is 8.73. The molecule has 5 nitrogen and oxygen atoms in total. The first-order valence-electron chi connectivity index (χ1n) is 9.43. The highest BCUT2D eigenvalue weighted by atomic mass is 35.5. The highest BCUT2D eigenvalue weighted by molar-refractivity contribution is 7.98. The first-order valence-corrected chi connectivity index (χ1v) is 13.2. The summed E-state index contributed by atoms with van der Waals surface area (Å²) in [5, 5.41) is 4.16. The maximum absolute atomic E-state index is 12.4. The molecule has 0 fully saturated rings. The summed E-state index contributed by atoms with van der Waals surface area (Å²) in [6.45, 7) is 0.438. The molecule has 0 radical (unpaired) electrons. The van der Waals surface area contributed by atoms with Gasteiger partial charge in [-0.25, -0.2) is 8.42 Å². The fraction of sp³-hybridized carbons (Fsp3) is 0.136. The van der Waals surface area contributed by atoms with Crippen molar-refractivity contribution in [2.75, 3.05) is 17.0 Å². The van der Waals surface area contributed by atoms with Crippen LogP contribution in [0.5, 0.6) is 0 Å². The van der Waals surface area contributed by atoms with E-state index in [1.165, 1.54) is 30.3 Å². The number of carbonyl (C=O) groups is 1. The van der Waals surface area contributed by atoms with Crippen LogP contribution in [0.2, 0.25) is 15.1 Å². The smallest absolute Gasteiger partial charge is 0.261 e. The van der Waals surface area contributed by atoms with Crippen molar-refractivity contribution < 1.29 is 13.2 Å². The van der Waals surface area contributed by atoms with Gasteiger partial charge in [0.25, 0.3) is 15.9 Å². The first kappa shape index (κ1) is 24.7. The van der Waals surface area contributed by atoms with Gasteiger partial charge >= 0.3 is 0 Å². The molecule has 10 heteroatoms. The van der Waals surface area contributed by atoms with Gasteiger partial charge in [0.15, 0.2) is 0 Å². The SMILES string of the molecule is O=C(NCCSCc1ccc(Cl)cc1Cl)c1ccc(NS(=O)(=O)c2ccccc2)cc1Cl. The van der Waals surface area contributed by atoms with E-state index in [-0.39, 0.29) is 27.1 Å². The average Bonchev–Trinajstić information content (AvgIpc) is 2.75. The maximum atomic E-state index is 12.4. The number of anilines is 1. The van der Waals surface area contributed by atoms with Gasteiger partial charge in [-0.15, -0.1) is 0 Å². The third-order valence-corrected chi connectivity index (χ3v) is 7.63. The van der Waals surface area contributed by atoms with Crippen LogP contribution < -0.4 is 10.0 Å². The van der Waals surface area contributed by atoms with E-state index in [4.69, 9.17) is 34.8 Å². The largest absolute Gasteiger partial charge is 0.351 e. The molecule has 2 N–H and O–H groups in total. The van der Waals surface area contributed by atoms with Crippen LogP contribution in [0.3, 0.4) is 0 Å². The van der Waals surface area contributed by atoms with Gasteiger partial charge < -0.3 is 5.32 Å². The molecule has 3 aromatic rings. The number of sulfonamides is 1. The molecule has 3 aromatic carbocycles. The molecule has 0 aliphatic carbocycles. The Balaban J connectivity index is 1.51. The Bertz CT molecular complexity index is 1210. The second-order valence-corrected chi connectivity index (χ2v) is 10.7. The second kappa shape index (κ2) is 11.3. The normalized spacial score (nSPS) is 11.2. The molecule has 0 heterocycles. The van der Waals surface area contributed by atoms with Gasteiger partial charge in [-0.2, -0.15) is 11.8 Å². The average molecular weight is 530 g/mol. The summed E-state index contributed by atoms with van der Waals surface area (Å²) < 4.78 is 27.3. The lowest BCUT2D eigenvalue weighted by Gasteiger charge is -2.11. The molecular weight excluding hydrogens is 511 g/mol. The number of amides is 1. The Hall–Kier alpha value is -1.90. The highest BCUT2D eigenvalue weighted by Crippen LogP contribution is 2.25. The molecular formula is C22H19Cl3N2O3S2. The summed E-state index contributed by atoms with van der Waals surface area (Å²) >= 11 is 19.9. The van der Waals surface area contributed by atoms with Gasteiger partial charge in [-0.3, -0.25) is 9.52 Å². The van der Waals surface area contributed by atoms with Gasteiger partial charge in [0.2, 0.25) is 0 Å². The molecule has 168 valence electrons. The molecule has 0 unspecified atom stereocenters. The van der Waals surface area contributed by atoms with Crippen molar-refractivity contribution in [2.45, 2.75) is 10.6 Å². The van der Waals surface area contributed by atoms with Crippen molar-refractivity contribution in [2.24, 2.45) is 0 Å². The highest BCUT2D eigenvalue weighted by Gasteiger charge is 2.16. The predicted molar refractivity (Wildman–Crippen MR) is 134 cm³/mol. The summed E-state index contributed by atoms with van der Waals surface area (Å²) in [5.41, 5.74) is 1.51. The Labute approximate surface area is 206 Å². The first-order chi connectivity index (χ1) is 15.3. The molecule has 0 bridgehead atoms. The van der Waals surface area contributed by atoms with Crippen LogP contribution in [0, 0.1) is 0 Å². The van der Waals surface area contributed by atoms with Gasteiger partial charge in [-0.1, -0.05) is 59.1 Å². The van der Waals surface area contributed by atoms with Crippen LogP contribution in [0.4, 0.5) is 5.69 Å². The van der Waals surface area contributed by atoms with E-state index in [1.807, 2.05) is 6.07 Å². The van der Waals surface area contributed by atoms with E-state index in [1.54, 1.807) is 42.1 Å². The van der Waals surface area contributed by atoms with Gasteiger partial charge in [0.1, 0.15) is 0 Å². The topological polar surface area (TPSA) is 75.3 Å². The summed E-state index contributed by atoms with van der Waals surface area (Å²) in [7, 11) is -3.74. The zero-order valence-corrected chi connectivity index (χ0v) is 20.5. The fourth-order valence-corrected chi connectivity index (χ4v) is 5.48. The minimum Gasteiger partial charge on any atom is -0.351 e. The molecule has 32 heavy (non-hydrogen) atoms. The van der Waals surface area contributed by atoms with E-state index in [0.29, 0.717) is 28.1 Å². The molecule has 0 spiro atoms. The maximum Gasteiger partial charge on any atom is 0.261 e. The zero-order valence-electron chi connectivity index (χ0n) is 16.6. The van der Waals surface area contributed by atoms with Gasteiger partial charge in [0.05, 0.1) is 21.2 Å². The van der Waals surface area contributed by atoms with Crippen LogP contribution in [0.15, 0.2) is 71.6 Å². The summed E-state index contributed by atoms with van der Waals surface area (Å²) in [6, 6.07) is 17.7. The molecule has 0 aliphatic heterocycles. The number of thioether (sulfide) groups is 1. The van der Waals surface area contributed by atoms with Gasteiger partial charge in [0, 0.05) is 28.1 Å². The van der Waals surface area contributed by atoms with E-state index >= 15 is 0 Å². The standard InChI is InChI=1S/C22H19Cl3N2O3S2/c23-16-7-6-15(20(24)12-16)14-31-11-10-26-22(28)19-9-8-17(13-21(19)25)27-32(29,30)18-4-2-1-3-5-18/h1-9,12-13,27H,10-11,14H2,(H,26,28). The lowest BCUT2D eigenvalue weighted by molar-refractivity contribution is 0.0956. The van der Waals surface area contributed by atoms with Crippen LogP contribution in [-0.4, -0.2) is 26.6 Å². The van der Waals surface area contributed by atoms with E-state index < -0.39 is 10.0 Å². The van der Waals surface area contributed by atoms with Crippen molar-refractivity contribution in [1.29, 1.82) is 0 Å². The van der Waals surface area contributed by atoms with Crippen molar-refractivity contribution in [1.82, 2.24) is 5.32 Å². The predicted octanol–water partition coefficient (Wildman–Crippen LogP) is 6.11. The summed E-state index contributed by atoms with van der Waals surface area (Å²) in [6.07, 6.45) is 0. The van der Waals surface area contributed by atoms with Crippen LogP contribution in [-0.2, 0) is 15.8 Å². The lowest BCUT2D eigenvalue weighted by atomic mass is 10.2. The minimum absolute atomic E-state index is 0.135. The Morgan fingerprint density at radius 2 is 1.66 bits per heavy atom. The third kappa shape index (κ3) is 6.80. The number of halogens is 3. The molecule has 0 aromatic heterocycles. The van der Waals surface area contributed by atoms with Crippen molar-refractivity contribution in [3.63, 3.8) is 0 Å². The number of carbonyl (C=O) groups excluding carboxylic acids is 1.